The smallest absolute Gasteiger partial charge is 0.492 e. The Labute approximate surface area is 120 Å². The molecule has 0 atom stereocenters. The molecule has 2 rings (SSSR count). The molecule has 0 fully saturated rings. The number of methoxy groups -OCH3 is 1. The number of ether oxygens (including phenoxy) is 2. The Kier molecular flexibility index (Phi) is 4.77. The first-order valence-electron chi connectivity index (χ1n) is 6.11. The van der Waals surface area contributed by atoms with Crippen molar-refractivity contribution in [1.29, 1.82) is 0 Å². The predicted octanol–water partition coefficient (Wildman–Crippen LogP) is 1.23. The molecule has 4 nitrogen and oxygen atoms in total. The summed E-state index contributed by atoms with van der Waals surface area (Å²) in [6.45, 7) is -0.110. The van der Waals surface area contributed by atoms with Gasteiger partial charge in [-0.3, -0.25) is 0 Å². The summed E-state index contributed by atoms with van der Waals surface area (Å²) in [4.78, 5) is 0. The molecule has 2 aromatic rings. The standard InChI is InChI=1S/C14H13BF2O4/c1-20-12-2-3-14(13(7-12)15(18)19)21-8-9-4-10(16)6-11(17)5-9/h2-7,18-19H,8H2,1H3. The summed E-state index contributed by atoms with van der Waals surface area (Å²) in [5.41, 5.74) is 0.396. The van der Waals surface area contributed by atoms with E-state index in [0.29, 0.717) is 11.3 Å². The van der Waals surface area contributed by atoms with E-state index in [1.54, 1.807) is 6.07 Å². The van der Waals surface area contributed by atoms with Gasteiger partial charge in [0.15, 0.2) is 0 Å². The van der Waals surface area contributed by atoms with Crippen LogP contribution in [0.15, 0.2) is 36.4 Å². The predicted molar refractivity (Wildman–Crippen MR) is 73.5 cm³/mol. The molecule has 0 aliphatic carbocycles. The second-order valence-corrected chi connectivity index (χ2v) is 4.34. The number of rotatable bonds is 5. The third kappa shape index (κ3) is 3.93. The van der Waals surface area contributed by atoms with Crippen LogP contribution in [0.4, 0.5) is 8.78 Å². The molecule has 0 aromatic heterocycles. The highest BCUT2D eigenvalue weighted by molar-refractivity contribution is 6.59. The van der Waals surface area contributed by atoms with Crippen molar-refractivity contribution < 1.29 is 28.3 Å². The second kappa shape index (κ2) is 6.56. The van der Waals surface area contributed by atoms with E-state index >= 15 is 0 Å². The molecule has 0 saturated carbocycles. The van der Waals surface area contributed by atoms with Crippen molar-refractivity contribution in [2.24, 2.45) is 0 Å². The molecule has 2 N–H and O–H groups in total. The SMILES string of the molecule is COc1ccc(OCc2cc(F)cc(F)c2)c(B(O)O)c1. The zero-order valence-corrected chi connectivity index (χ0v) is 11.2. The molecular weight excluding hydrogens is 281 g/mol. The van der Waals surface area contributed by atoms with E-state index in [2.05, 4.69) is 0 Å². The fourth-order valence-electron chi connectivity index (χ4n) is 1.84. The summed E-state index contributed by atoms with van der Waals surface area (Å²) in [6, 6.07) is 7.52. The van der Waals surface area contributed by atoms with Crippen molar-refractivity contribution in [2.75, 3.05) is 7.11 Å². The first-order chi connectivity index (χ1) is 9.99. The van der Waals surface area contributed by atoms with Gasteiger partial charge in [0.2, 0.25) is 0 Å². The van der Waals surface area contributed by atoms with Gasteiger partial charge in [0.1, 0.15) is 29.7 Å². The van der Waals surface area contributed by atoms with Crippen LogP contribution in [-0.4, -0.2) is 24.3 Å². The molecular formula is C14H13BF2O4. The molecule has 0 radical (unpaired) electrons. The summed E-state index contributed by atoms with van der Waals surface area (Å²) < 4.78 is 36.5. The van der Waals surface area contributed by atoms with Crippen molar-refractivity contribution >= 4 is 12.6 Å². The van der Waals surface area contributed by atoms with Crippen molar-refractivity contribution in [3.05, 3.63) is 53.6 Å². The van der Waals surface area contributed by atoms with Gasteiger partial charge < -0.3 is 19.5 Å². The van der Waals surface area contributed by atoms with Gasteiger partial charge in [-0.05, 0) is 35.9 Å². The maximum absolute atomic E-state index is 13.1. The maximum Gasteiger partial charge on any atom is 0.492 e. The molecule has 110 valence electrons. The Morgan fingerprint density at radius 2 is 1.71 bits per heavy atom. The Hall–Kier alpha value is -2.12. The van der Waals surface area contributed by atoms with Gasteiger partial charge in [0, 0.05) is 11.5 Å². The van der Waals surface area contributed by atoms with E-state index < -0.39 is 18.8 Å². The molecule has 0 amide bonds. The Bertz CT molecular complexity index is 614. The second-order valence-electron chi connectivity index (χ2n) is 4.34. The monoisotopic (exact) mass is 294 g/mol. The third-order valence-electron chi connectivity index (χ3n) is 2.81. The number of hydrogen-bond acceptors (Lipinski definition) is 4. The lowest BCUT2D eigenvalue weighted by atomic mass is 9.79. The van der Waals surface area contributed by atoms with E-state index in [1.165, 1.54) is 19.2 Å². The van der Waals surface area contributed by atoms with Crippen LogP contribution in [-0.2, 0) is 6.61 Å². The van der Waals surface area contributed by atoms with E-state index in [0.717, 1.165) is 18.2 Å². The van der Waals surface area contributed by atoms with Crippen molar-refractivity contribution in [1.82, 2.24) is 0 Å². The highest BCUT2D eigenvalue weighted by Gasteiger charge is 2.18. The van der Waals surface area contributed by atoms with Gasteiger partial charge in [-0.1, -0.05) is 0 Å². The summed E-state index contributed by atoms with van der Waals surface area (Å²) in [5.74, 6) is -0.783. The van der Waals surface area contributed by atoms with Crippen LogP contribution < -0.4 is 14.9 Å². The van der Waals surface area contributed by atoms with Gasteiger partial charge in [0.25, 0.3) is 0 Å². The first kappa shape index (κ1) is 15.3. The topological polar surface area (TPSA) is 58.9 Å². The van der Waals surface area contributed by atoms with E-state index in [9.17, 15) is 18.8 Å². The van der Waals surface area contributed by atoms with Crippen LogP contribution in [0.5, 0.6) is 11.5 Å². The van der Waals surface area contributed by atoms with Gasteiger partial charge >= 0.3 is 7.12 Å². The largest absolute Gasteiger partial charge is 0.497 e. The van der Waals surface area contributed by atoms with Gasteiger partial charge in [0.05, 0.1) is 7.11 Å². The van der Waals surface area contributed by atoms with Crippen LogP contribution in [0.2, 0.25) is 0 Å². The molecule has 0 aliphatic rings. The van der Waals surface area contributed by atoms with Gasteiger partial charge in [-0.2, -0.15) is 0 Å². The molecule has 0 spiro atoms. The highest BCUT2D eigenvalue weighted by atomic mass is 19.1. The molecule has 0 aliphatic heterocycles. The molecule has 7 heteroatoms. The van der Waals surface area contributed by atoms with Crippen LogP contribution >= 0.6 is 0 Å². The summed E-state index contributed by atoms with van der Waals surface area (Å²) in [7, 11) is -0.307. The summed E-state index contributed by atoms with van der Waals surface area (Å²) in [6.07, 6.45) is 0. The van der Waals surface area contributed by atoms with E-state index in [1.807, 2.05) is 0 Å². The van der Waals surface area contributed by atoms with Gasteiger partial charge in [-0.15, -0.1) is 0 Å². The lowest BCUT2D eigenvalue weighted by Gasteiger charge is -2.12. The molecule has 0 saturated heterocycles. The van der Waals surface area contributed by atoms with Crippen LogP contribution in [0.3, 0.4) is 0 Å². The molecule has 2 aromatic carbocycles. The minimum Gasteiger partial charge on any atom is -0.497 e. The Morgan fingerprint density at radius 3 is 2.29 bits per heavy atom. The zero-order chi connectivity index (χ0) is 15.4. The lowest BCUT2D eigenvalue weighted by molar-refractivity contribution is 0.304. The van der Waals surface area contributed by atoms with Crippen molar-refractivity contribution in [3.63, 3.8) is 0 Å². The lowest BCUT2D eigenvalue weighted by Crippen LogP contribution is -2.31. The normalized spacial score (nSPS) is 10.3. The molecule has 0 heterocycles. The highest BCUT2D eigenvalue weighted by Crippen LogP contribution is 2.17. The van der Waals surface area contributed by atoms with Crippen LogP contribution in [0, 0.1) is 11.6 Å². The maximum atomic E-state index is 13.1. The summed E-state index contributed by atoms with van der Waals surface area (Å²) in [5, 5.41) is 18.6. The third-order valence-corrected chi connectivity index (χ3v) is 2.81. The average molecular weight is 294 g/mol. The number of benzene rings is 2. The molecule has 21 heavy (non-hydrogen) atoms. The molecule has 0 unspecified atom stereocenters. The average Bonchev–Trinajstić information content (AvgIpc) is 2.43. The van der Waals surface area contributed by atoms with Crippen molar-refractivity contribution in [2.45, 2.75) is 6.61 Å². The van der Waals surface area contributed by atoms with Gasteiger partial charge in [-0.25, -0.2) is 8.78 Å². The van der Waals surface area contributed by atoms with Crippen molar-refractivity contribution in [3.8, 4) is 11.5 Å². The van der Waals surface area contributed by atoms with E-state index in [-0.39, 0.29) is 17.8 Å². The number of halogens is 2. The summed E-state index contributed by atoms with van der Waals surface area (Å²) >= 11 is 0. The minimum absolute atomic E-state index is 0.103. The number of hydrogen-bond donors (Lipinski definition) is 2. The first-order valence-corrected chi connectivity index (χ1v) is 6.11. The van der Waals surface area contributed by atoms with Crippen LogP contribution in [0.1, 0.15) is 5.56 Å². The molecule has 0 bridgehead atoms. The van der Waals surface area contributed by atoms with E-state index in [4.69, 9.17) is 9.47 Å². The zero-order valence-electron chi connectivity index (χ0n) is 11.2. The fourth-order valence-corrected chi connectivity index (χ4v) is 1.84. The quantitative estimate of drug-likeness (QED) is 0.814. The fraction of sp³-hybridized carbons (Fsp3) is 0.143. The Balaban J connectivity index is 2.19. The minimum atomic E-state index is -1.75. The van der Waals surface area contributed by atoms with Crippen LogP contribution in [0.25, 0.3) is 0 Å². The Morgan fingerprint density at radius 1 is 1.05 bits per heavy atom.